The zero-order valence-corrected chi connectivity index (χ0v) is 15.6. The molecule has 1 aliphatic rings. The Morgan fingerprint density at radius 2 is 1.39 bits per heavy atom. The van der Waals surface area contributed by atoms with Crippen molar-refractivity contribution in [3.05, 3.63) is 70.8 Å². The van der Waals surface area contributed by atoms with Crippen molar-refractivity contribution in [2.45, 2.75) is 38.4 Å². The van der Waals surface area contributed by atoms with Gasteiger partial charge in [-0.25, -0.2) is 9.59 Å². The fourth-order valence-corrected chi connectivity index (χ4v) is 2.81. The van der Waals surface area contributed by atoms with E-state index < -0.39 is 36.5 Å². The molecule has 7 heteroatoms. The number of esters is 2. The highest BCUT2D eigenvalue weighted by Gasteiger charge is 2.46. The van der Waals surface area contributed by atoms with E-state index in [1.165, 1.54) is 0 Å². The Morgan fingerprint density at radius 3 is 1.93 bits per heavy atom. The first kappa shape index (κ1) is 20.0. The van der Waals surface area contributed by atoms with Crippen LogP contribution in [0.15, 0.2) is 48.5 Å². The average Bonchev–Trinajstić information content (AvgIpc) is 2.95. The zero-order chi connectivity index (χ0) is 20.3. The second kappa shape index (κ2) is 8.52. The minimum atomic E-state index is -1.54. The molecule has 2 aromatic carbocycles. The number of benzene rings is 2. The molecule has 1 saturated heterocycles. The normalized spacial score (nSPS) is 24.0. The van der Waals surface area contributed by atoms with Gasteiger partial charge >= 0.3 is 11.9 Å². The Kier molecular flexibility index (Phi) is 6.08. The summed E-state index contributed by atoms with van der Waals surface area (Å²) in [5, 5.41) is 19.9. The smallest absolute Gasteiger partial charge is 0.338 e. The zero-order valence-electron chi connectivity index (χ0n) is 15.6. The summed E-state index contributed by atoms with van der Waals surface area (Å²) in [5.74, 6) is -1.25. The number of hydrogen-bond donors (Lipinski definition) is 2. The van der Waals surface area contributed by atoms with Crippen molar-refractivity contribution in [1.29, 1.82) is 0 Å². The van der Waals surface area contributed by atoms with E-state index in [9.17, 15) is 19.8 Å². The van der Waals surface area contributed by atoms with Gasteiger partial charge < -0.3 is 24.4 Å². The number of aryl methyl sites for hydroxylation is 2. The van der Waals surface area contributed by atoms with E-state index in [1.807, 2.05) is 13.8 Å². The van der Waals surface area contributed by atoms with Crippen LogP contribution in [0.2, 0.25) is 0 Å². The first-order valence-electron chi connectivity index (χ1n) is 8.88. The van der Waals surface area contributed by atoms with Gasteiger partial charge in [-0.2, -0.15) is 0 Å². The maximum atomic E-state index is 12.3. The van der Waals surface area contributed by atoms with E-state index >= 15 is 0 Å². The van der Waals surface area contributed by atoms with Crippen LogP contribution in [0.25, 0.3) is 0 Å². The number of rotatable bonds is 5. The van der Waals surface area contributed by atoms with Crippen LogP contribution in [0.3, 0.4) is 0 Å². The van der Waals surface area contributed by atoms with E-state index in [-0.39, 0.29) is 6.61 Å². The molecular formula is C21H22O7. The molecule has 0 bridgehead atoms. The Balaban J connectivity index is 1.63. The standard InChI is InChI=1S/C21H22O7/c1-12-3-7-14(8-4-12)19(23)26-11-16-18(17(22)21(25)27-16)28-20(24)15-9-5-13(2)6-10-15/h3-10,16-18,21-22,25H,11H2,1-2H3/t16-,17-,18+,21-/m0/s1. The van der Waals surface area contributed by atoms with Crippen LogP contribution in [-0.4, -0.2) is 53.4 Å². The monoisotopic (exact) mass is 386 g/mol. The van der Waals surface area contributed by atoms with Crippen molar-refractivity contribution in [1.82, 2.24) is 0 Å². The molecule has 7 nitrogen and oxygen atoms in total. The Bertz CT molecular complexity index is 829. The van der Waals surface area contributed by atoms with Crippen LogP contribution < -0.4 is 0 Å². The van der Waals surface area contributed by atoms with Gasteiger partial charge in [0.05, 0.1) is 11.1 Å². The van der Waals surface area contributed by atoms with Gasteiger partial charge in [0, 0.05) is 0 Å². The minimum absolute atomic E-state index is 0.285. The summed E-state index contributed by atoms with van der Waals surface area (Å²) in [7, 11) is 0. The largest absolute Gasteiger partial charge is 0.459 e. The van der Waals surface area contributed by atoms with Gasteiger partial charge in [0.2, 0.25) is 0 Å². The van der Waals surface area contributed by atoms with Crippen LogP contribution in [0.4, 0.5) is 0 Å². The fourth-order valence-electron chi connectivity index (χ4n) is 2.81. The predicted octanol–water partition coefficient (Wildman–Crippen LogP) is 1.76. The number of carbonyl (C=O) groups excluding carboxylic acids is 2. The van der Waals surface area contributed by atoms with E-state index in [2.05, 4.69) is 0 Å². The van der Waals surface area contributed by atoms with Crippen molar-refractivity contribution in [3.8, 4) is 0 Å². The lowest BCUT2D eigenvalue weighted by atomic mass is 10.1. The summed E-state index contributed by atoms with van der Waals surface area (Å²) in [6.45, 7) is 3.50. The molecule has 1 heterocycles. The molecule has 0 amide bonds. The second-order valence-corrected chi connectivity index (χ2v) is 6.76. The van der Waals surface area contributed by atoms with Crippen molar-refractivity contribution in [2.24, 2.45) is 0 Å². The molecule has 0 aliphatic carbocycles. The van der Waals surface area contributed by atoms with Crippen molar-refractivity contribution >= 4 is 11.9 Å². The highest BCUT2D eigenvalue weighted by atomic mass is 16.7. The van der Waals surface area contributed by atoms with Gasteiger partial charge in [-0.1, -0.05) is 35.4 Å². The van der Waals surface area contributed by atoms with E-state index in [0.717, 1.165) is 11.1 Å². The molecule has 4 atom stereocenters. The topological polar surface area (TPSA) is 102 Å². The molecular weight excluding hydrogens is 364 g/mol. The molecule has 148 valence electrons. The van der Waals surface area contributed by atoms with Gasteiger partial charge in [0.25, 0.3) is 0 Å². The summed E-state index contributed by atoms with van der Waals surface area (Å²) in [6, 6.07) is 13.5. The van der Waals surface area contributed by atoms with Gasteiger partial charge in [0.15, 0.2) is 12.4 Å². The summed E-state index contributed by atoms with van der Waals surface area (Å²) in [6.07, 6.45) is -5.15. The quantitative estimate of drug-likeness (QED) is 0.755. The maximum absolute atomic E-state index is 12.3. The minimum Gasteiger partial charge on any atom is -0.459 e. The molecule has 0 aromatic heterocycles. The van der Waals surface area contributed by atoms with Crippen molar-refractivity contribution in [2.75, 3.05) is 6.61 Å². The van der Waals surface area contributed by atoms with Crippen LogP contribution in [0.5, 0.6) is 0 Å². The first-order valence-corrected chi connectivity index (χ1v) is 8.88. The first-order chi connectivity index (χ1) is 13.3. The van der Waals surface area contributed by atoms with Crippen LogP contribution >= 0.6 is 0 Å². The van der Waals surface area contributed by atoms with E-state index in [4.69, 9.17) is 14.2 Å². The van der Waals surface area contributed by atoms with Gasteiger partial charge in [0.1, 0.15) is 18.8 Å². The molecule has 0 radical (unpaired) electrons. The number of ether oxygens (including phenoxy) is 3. The molecule has 1 aliphatic heterocycles. The highest BCUT2D eigenvalue weighted by molar-refractivity contribution is 5.90. The molecule has 2 aromatic rings. The van der Waals surface area contributed by atoms with Gasteiger partial charge in [-0.15, -0.1) is 0 Å². The lowest BCUT2D eigenvalue weighted by Crippen LogP contribution is -2.39. The Labute approximate surface area is 162 Å². The van der Waals surface area contributed by atoms with E-state index in [1.54, 1.807) is 48.5 Å². The second-order valence-electron chi connectivity index (χ2n) is 6.76. The number of aliphatic hydroxyl groups excluding tert-OH is 2. The van der Waals surface area contributed by atoms with Crippen LogP contribution in [0, 0.1) is 13.8 Å². The molecule has 0 spiro atoms. The average molecular weight is 386 g/mol. The Morgan fingerprint density at radius 1 is 0.893 bits per heavy atom. The third-order valence-corrected chi connectivity index (χ3v) is 4.51. The van der Waals surface area contributed by atoms with Crippen LogP contribution in [0.1, 0.15) is 31.8 Å². The fraction of sp³-hybridized carbons (Fsp3) is 0.333. The lowest BCUT2D eigenvalue weighted by Gasteiger charge is -2.20. The number of aliphatic hydroxyl groups is 2. The summed E-state index contributed by atoms with van der Waals surface area (Å²) in [4.78, 5) is 24.5. The summed E-state index contributed by atoms with van der Waals surface area (Å²) >= 11 is 0. The molecule has 3 rings (SSSR count). The molecule has 0 unspecified atom stereocenters. The Hall–Kier alpha value is -2.74. The van der Waals surface area contributed by atoms with Gasteiger partial charge in [-0.3, -0.25) is 0 Å². The van der Waals surface area contributed by atoms with Crippen LogP contribution in [-0.2, 0) is 14.2 Å². The summed E-state index contributed by atoms with van der Waals surface area (Å²) < 4.78 is 15.7. The third kappa shape index (κ3) is 4.56. The molecule has 28 heavy (non-hydrogen) atoms. The number of hydrogen-bond acceptors (Lipinski definition) is 7. The molecule has 1 fully saturated rings. The van der Waals surface area contributed by atoms with Crippen molar-refractivity contribution < 1.29 is 34.0 Å². The van der Waals surface area contributed by atoms with E-state index in [0.29, 0.717) is 11.1 Å². The third-order valence-electron chi connectivity index (χ3n) is 4.51. The SMILES string of the molecule is Cc1ccc(C(=O)OC[C@@H]2O[C@H](O)[C@@H](O)[C@@H]2OC(=O)c2ccc(C)cc2)cc1. The van der Waals surface area contributed by atoms with Crippen molar-refractivity contribution in [3.63, 3.8) is 0 Å². The highest BCUT2D eigenvalue weighted by Crippen LogP contribution is 2.24. The van der Waals surface area contributed by atoms with Gasteiger partial charge in [-0.05, 0) is 38.1 Å². The maximum Gasteiger partial charge on any atom is 0.338 e. The molecule has 0 saturated carbocycles. The lowest BCUT2D eigenvalue weighted by molar-refractivity contribution is -0.133. The summed E-state index contributed by atoms with van der Waals surface area (Å²) in [5.41, 5.74) is 2.65. The predicted molar refractivity (Wildman–Crippen MR) is 98.7 cm³/mol. The number of carbonyl (C=O) groups is 2. The molecule has 2 N–H and O–H groups in total.